The summed E-state index contributed by atoms with van der Waals surface area (Å²) in [7, 11) is -3.16. The van der Waals surface area contributed by atoms with E-state index in [1.807, 2.05) is 31.2 Å². The molecule has 2 fully saturated rings. The first-order valence-electron chi connectivity index (χ1n) is 9.37. The minimum Gasteiger partial charge on any atom is -0.494 e. The van der Waals surface area contributed by atoms with Crippen LogP contribution in [0, 0.1) is 0 Å². The summed E-state index contributed by atoms with van der Waals surface area (Å²) < 4.78 is 31.2. The van der Waals surface area contributed by atoms with E-state index in [-0.39, 0.29) is 24.0 Å². The highest BCUT2D eigenvalue weighted by molar-refractivity contribution is 7.88. The molecule has 6 nitrogen and oxygen atoms in total. The van der Waals surface area contributed by atoms with Crippen LogP contribution in [0.5, 0.6) is 5.75 Å². The van der Waals surface area contributed by atoms with E-state index in [9.17, 15) is 13.2 Å². The van der Waals surface area contributed by atoms with E-state index in [0.717, 1.165) is 24.2 Å². The summed E-state index contributed by atoms with van der Waals surface area (Å²) in [4.78, 5) is 12.4. The number of carbonyl (C=O) groups excluding carboxylic acids is 1. The number of carbonyl (C=O) groups is 1. The number of nitrogens with one attached hydrogen (secondary N) is 1. The molecule has 2 bridgehead atoms. The van der Waals surface area contributed by atoms with Gasteiger partial charge in [0.1, 0.15) is 5.75 Å². The third kappa shape index (κ3) is 4.38. The Kier molecular flexibility index (Phi) is 5.87. The number of amides is 1. The van der Waals surface area contributed by atoms with E-state index in [1.54, 1.807) is 4.31 Å². The lowest BCUT2D eigenvalue weighted by molar-refractivity contribution is -0.122. The smallest absolute Gasteiger partial charge is 0.220 e. The van der Waals surface area contributed by atoms with Crippen LogP contribution in [0.3, 0.4) is 0 Å². The number of sulfonamides is 1. The molecule has 2 atom stereocenters. The topological polar surface area (TPSA) is 75.7 Å². The quantitative estimate of drug-likeness (QED) is 0.786. The van der Waals surface area contributed by atoms with Crippen LogP contribution in [0.2, 0.25) is 0 Å². The first-order chi connectivity index (χ1) is 12.4. The van der Waals surface area contributed by atoms with Gasteiger partial charge < -0.3 is 10.1 Å². The molecule has 0 saturated carbocycles. The number of ether oxygens (including phenoxy) is 1. The van der Waals surface area contributed by atoms with Gasteiger partial charge >= 0.3 is 0 Å². The van der Waals surface area contributed by atoms with E-state index in [1.165, 1.54) is 6.26 Å². The Balaban J connectivity index is 1.53. The van der Waals surface area contributed by atoms with Crippen LogP contribution in [0.4, 0.5) is 0 Å². The van der Waals surface area contributed by atoms with Crippen molar-refractivity contribution in [2.45, 2.75) is 63.6 Å². The van der Waals surface area contributed by atoms with Crippen molar-refractivity contribution in [2.24, 2.45) is 0 Å². The summed E-state index contributed by atoms with van der Waals surface area (Å²) in [6.07, 6.45) is 5.54. The monoisotopic (exact) mass is 380 g/mol. The van der Waals surface area contributed by atoms with Crippen LogP contribution in [0.15, 0.2) is 24.3 Å². The normalized spacial score (nSPS) is 25.8. The maximum Gasteiger partial charge on any atom is 0.220 e. The van der Waals surface area contributed by atoms with Crippen molar-refractivity contribution >= 4 is 15.9 Å². The third-order valence-electron chi connectivity index (χ3n) is 5.31. The molecule has 1 aromatic carbocycles. The fourth-order valence-corrected chi connectivity index (χ4v) is 5.81. The molecule has 7 heteroatoms. The summed E-state index contributed by atoms with van der Waals surface area (Å²) in [6.45, 7) is 2.55. The molecule has 3 rings (SSSR count). The van der Waals surface area contributed by atoms with Crippen molar-refractivity contribution in [3.05, 3.63) is 29.8 Å². The lowest BCUT2D eigenvalue weighted by atomic mass is 9.99. The molecule has 144 valence electrons. The molecule has 2 aliphatic heterocycles. The van der Waals surface area contributed by atoms with Crippen LogP contribution < -0.4 is 10.1 Å². The van der Waals surface area contributed by atoms with Gasteiger partial charge in [0.2, 0.25) is 15.9 Å². The summed E-state index contributed by atoms with van der Waals surface area (Å²) in [5.41, 5.74) is 1.04. The predicted octanol–water partition coefficient (Wildman–Crippen LogP) is 2.09. The van der Waals surface area contributed by atoms with Crippen LogP contribution in [0.1, 0.15) is 44.6 Å². The Labute approximate surface area is 156 Å². The van der Waals surface area contributed by atoms with Crippen molar-refractivity contribution in [2.75, 3.05) is 12.9 Å². The Morgan fingerprint density at radius 3 is 2.50 bits per heavy atom. The van der Waals surface area contributed by atoms with Crippen molar-refractivity contribution in [1.29, 1.82) is 0 Å². The summed E-state index contributed by atoms with van der Waals surface area (Å²) >= 11 is 0. The second-order valence-electron chi connectivity index (χ2n) is 7.25. The van der Waals surface area contributed by atoms with Crippen molar-refractivity contribution in [1.82, 2.24) is 9.62 Å². The number of aryl methyl sites for hydroxylation is 1. The van der Waals surface area contributed by atoms with E-state index >= 15 is 0 Å². The highest BCUT2D eigenvalue weighted by Crippen LogP contribution is 2.37. The first kappa shape index (κ1) is 19.2. The molecular weight excluding hydrogens is 352 g/mol. The standard InChI is InChI=1S/C19H28N2O4S/c1-3-25-18-7-5-4-6-14(18)8-11-19(22)20-15-12-16-9-10-17(13-15)21(16)26(2,23)24/h4-7,15-17H,3,8-13H2,1-2H3,(H,20,22). The number of fused-ring (bicyclic) bond motifs is 2. The van der Waals surface area contributed by atoms with Gasteiger partial charge in [0.25, 0.3) is 0 Å². The zero-order valence-corrected chi connectivity index (χ0v) is 16.3. The lowest BCUT2D eigenvalue weighted by Crippen LogP contribution is -2.52. The number of benzene rings is 1. The van der Waals surface area contributed by atoms with Gasteiger partial charge in [0.15, 0.2) is 0 Å². The molecule has 0 aliphatic carbocycles. The number of hydrogen-bond donors (Lipinski definition) is 1. The molecule has 1 aromatic rings. The minimum absolute atomic E-state index is 0.0218. The first-order valence-corrected chi connectivity index (χ1v) is 11.2. The molecule has 1 N–H and O–H groups in total. The van der Waals surface area contributed by atoms with Crippen molar-refractivity contribution in [3.8, 4) is 5.75 Å². The Bertz CT molecular complexity index is 736. The van der Waals surface area contributed by atoms with Gasteiger partial charge in [-0.2, -0.15) is 4.31 Å². The minimum atomic E-state index is -3.16. The molecule has 26 heavy (non-hydrogen) atoms. The molecular formula is C19H28N2O4S. The summed E-state index contributed by atoms with van der Waals surface area (Å²) in [6, 6.07) is 7.94. The number of nitrogens with zero attached hydrogens (tertiary/aromatic N) is 1. The van der Waals surface area contributed by atoms with Crippen LogP contribution in [0.25, 0.3) is 0 Å². The number of hydrogen-bond acceptors (Lipinski definition) is 4. The Hall–Kier alpha value is -1.60. The average molecular weight is 381 g/mol. The van der Waals surface area contributed by atoms with Gasteiger partial charge in [0.05, 0.1) is 12.9 Å². The number of para-hydroxylation sites is 1. The molecule has 0 spiro atoms. The number of rotatable bonds is 7. The second kappa shape index (κ2) is 7.96. The summed E-state index contributed by atoms with van der Waals surface area (Å²) in [5, 5.41) is 3.11. The molecule has 0 aromatic heterocycles. The van der Waals surface area contributed by atoms with Crippen LogP contribution >= 0.6 is 0 Å². The van der Waals surface area contributed by atoms with Gasteiger partial charge in [0, 0.05) is 24.5 Å². The lowest BCUT2D eigenvalue weighted by Gasteiger charge is -2.37. The van der Waals surface area contributed by atoms with E-state index in [4.69, 9.17) is 4.74 Å². The highest BCUT2D eigenvalue weighted by atomic mass is 32.2. The van der Waals surface area contributed by atoms with Crippen LogP contribution in [-0.4, -0.2) is 49.6 Å². The molecule has 2 unspecified atom stereocenters. The van der Waals surface area contributed by atoms with E-state index in [2.05, 4.69) is 5.32 Å². The zero-order chi connectivity index (χ0) is 18.7. The van der Waals surface area contributed by atoms with Crippen molar-refractivity contribution in [3.63, 3.8) is 0 Å². The maximum atomic E-state index is 12.4. The largest absolute Gasteiger partial charge is 0.494 e. The summed E-state index contributed by atoms with van der Waals surface area (Å²) in [5.74, 6) is 0.857. The van der Waals surface area contributed by atoms with E-state index in [0.29, 0.717) is 32.3 Å². The van der Waals surface area contributed by atoms with Crippen molar-refractivity contribution < 1.29 is 17.9 Å². The fraction of sp³-hybridized carbons (Fsp3) is 0.632. The fourth-order valence-electron chi connectivity index (χ4n) is 4.35. The maximum absolute atomic E-state index is 12.4. The van der Waals surface area contributed by atoms with Gasteiger partial charge in [-0.05, 0) is 50.7 Å². The SMILES string of the molecule is CCOc1ccccc1CCC(=O)NC1CC2CCC(C1)N2S(C)(=O)=O. The van der Waals surface area contributed by atoms with Gasteiger partial charge in [-0.15, -0.1) is 0 Å². The molecule has 2 saturated heterocycles. The third-order valence-corrected chi connectivity index (χ3v) is 6.67. The predicted molar refractivity (Wildman–Crippen MR) is 101 cm³/mol. The van der Waals surface area contributed by atoms with E-state index < -0.39 is 10.0 Å². The van der Waals surface area contributed by atoms with Gasteiger partial charge in [-0.25, -0.2) is 8.42 Å². The Morgan fingerprint density at radius 2 is 1.88 bits per heavy atom. The molecule has 1 amide bonds. The van der Waals surface area contributed by atoms with Gasteiger partial charge in [-0.3, -0.25) is 4.79 Å². The Morgan fingerprint density at radius 1 is 1.23 bits per heavy atom. The van der Waals surface area contributed by atoms with Crippen LogP contribution in [-0.2, 0) is 21.2 Å². The molecule has 0 radical (unpaired) electrons. The van der Waals surface area contributed by atoms with Gasteiger partial charge in [-0.1, -0.05) is 18.2 Å². The highest BCUT2D eigenvalue weighted by Gasteiger charge is 2.45. The zero-order valence-electron chi connectivity index (χ0n) is 15.5. The number of piperidine rings is 1. The average Bonchev–Trinajstić information content (AvgIpc) is 2.87. The molecule has 2 heterocycles. The molecule has 2 aliphatic rings. The second-order valence-corrected chi connectivity index (χ2v) is 9.14.